The quantitative estimate of drug-likeness (QED) is 0.568. The third kappa shape index (κ3) is 2.11. The lowest BCUT2D eigenvalue weighted by Crippen LogP contribution is -2.28. The fourth-order valence-electron chi connectivity index (χ4n) is 2.44. The molecule has 2 aromatic heterocycles. The number of benzene rings is 1. The molecule has 5 heteroatoms. The van der Waals surface area contributed by atoms with Crippen molar-refractivity contribution >= 4 is 11.0 Å². The minimum atomic E-state index is -0.331. The molecule has 0 fully saturated rings. The van der Waals surface area contributed by atoms with Crippen LogP contribution in [0, 0.1) is 19.7 Å². The molecule has 0 aliphatic heterocycles. The molecule has 0 saturated carbocycles. The van der Waals surface area contributed by atoms with Crippen molar-refractivity contribution in [3.8, 4) is 0 Å². The Morgan fingerprint density at radius 1 is 1.15 bits per heavy atom. The van der Waals surface area contributed by atoms with Crippen LogP contribution in [0.1, 0.15) is 28.9 Å². The maximum absolute atomic E-state index is 13.2. The minimum Gasteiger partial charge on any atom is -0.466 e. The summed E-state index contributed by atoms with van der Waals surface area (Å²) >= 11 is 0. The SMILES string of the molecule is Cc1cc(C(NN)c2cc3cc(F)ccc3o2)c(C)o1. The Kier molecular flexibility index (Phi) is 3.08. The summed E-state index contributed by atoms with van der Waals surface area (Å²) in [5.74, 6) is 7.55. The predicted octanol–water partition coefficient (Wildman–Crippen LogP) is 3.33. The van der Waals surface area contributed by atoms with Gasteiger partial charge in [-0.05, 0) is 44.2 Å². The van der Waals surface area contributed by atoms with Gasteiger partial charge in [-0.25, -0.2) is 9.82 Å². The molecule has 0 radical (unpaired) electrons. The molecule has 0 saturated heterocycles. The van der Waals surface area contributed by atoms with Crippen LogP contribution in [0.5, 0.6) is 0 Å². The van der Waals surface area contributed by atoms with Crippen LogP contribution >= 0.6 is 0 Å². The van der Waals surface area contributed by atoms with Crippen molar-refractivity contribution in [3.63, 3.8) is 0 Å². The van der Waals surface area contributed by atoms with Crippen LogP contribution in [0.15, 0.2) is 39.2 Å². The van der Waals surface area contributed by atoms with E-state index < -0.39 is 0 Å². The number of hydrogen-bond acceptors (Lipinski definition) is 4. The molecule has 4 nitrogen and oxygen atoms in total. The number of halogens is 1. The van der Waals surface area contributed by atoms with Gasteiger partial charge >= 0.3 is 0 Å². The van der Waals surface area contributed by atoms with Crippen molar-refractivity contribution in [1.82, 2.24) is 5.43 Å². The highest BCUT2D eigenvalue weighted by molar-refractivity contribution is 5.78. The molecule has 1 atom stereocenters. The van der Waals surface area contributed by atoms with E-state index >= 15 is 0 Å². The van der Waals surface area contributed by atoms with Gasteiger partial charge in [-0.3, -0.25) is 5.84 Å². The standard InChI is InChI=1S/C15H15FN2O2/c1-8-5-12(9(2)19-8)15(18-17)14-7-10-6-11(16)3-4-13(10)20-14/h3-7,15,18H,17H2,1-2H3. The number of fused-ring (bicyclic) bond motifs is 1. The molecule has 1 unspecified atom stereocenters. The second kappa shape index (κ2) is 4.77. The fourth-order valence-corrected chi connectivity index (χ4v) is 2.44. The Hall–Kier alpha value is -2.11. The van der Waals surface area contributed by atoms with Crippen molar-refractivity contribution in [3.05, 3.63) is 59.0 Å². The van der Waals surface area contributed by atoms with Gasteiger partial charge in [-0.2, -0.15) is 0 Å². The van der Waals surface area contributed by atoms with Gasteiger partial charge in [0.25, 0.3) is 0 Å². The van der Waals surface area contributed by atoms with Crippen molar-refractivity contribution < 1.29 is 13.2 Å². The second-order valence-electron chi connectivity index (χ2n) is 4.80. The predicted molar refractivity (Wildman–Crippen MR) is 73.5 cm³/mol. The minimum absolute atomic E-state index is 0.294. The number of hydrazine groups is 1. The number of furan rings is 2. The highest BCUT2D eigenvalue weighted by Crippen LogP contribution is 2.31. The van der Waals surface area contributed by atoms with Crippen LogP contribution in [0.4, 0.5) is 4.39 Å². The van der Waals surface area contributed by atoms with Crippen LogP contribution in [0.3, 0.4) is 0 Å². The molecule has 0 amide bonds. The lowest BCUT2D eigenvalue weighted by atomic mass is 10.1. The number of nitrogens with two attached hydrogens (primary N) is 1. The second-order valence-corrected chi connectivity index (χ2v) is 4.80. The first-order valence-corrected chi connectivity index (χ1v) is 6.30. The van der Waals surface area contributed by atoms with Gasteiger partial charge in [-0.15, -0.1) is 0 Å². The highest BCUT2D eigenvalue weighted by atomic mass is 19.1. The molecule has 0 bridgehead atoms. The molecule has 3 N–H and O–H groups in total. The fraction of sp³-hybridized carbons (Fsp3) is 0.200. The van der Waals surface area contributed by atoms with Gasteiger partial charge in [-0.1, -0.05) is 0 Å². The summed E-state index contributed by atoms with van der Waals surface area (Å²) in [4.78, 5) is 0. The third-order valence-corrected chi connectivity index (χ3v) is 3.34. The van der Waals surface area contributed by atoms with Gasteiger partial charge in [0.05, 0.1) is 0 Å². The van der Waals surface area contributed by atoms with Crippen molar-refractivity contribution in [1.29, 1.82) is 0 Å². The normalized spacial score (nSPS) is 13.0. The largest absolute Gasteiger partial charge is 0.466 e. The van der Waals surface area contributed by atoms with E-state index in [0.717, 1.165) is 17.1 Å². The zero-order chi connectivity index (χ0) is 14.3. The average molecular weight is 274 g/mol. The Morgan fingerprint density at radius 3 is 2.60 bits per heavy atom. The highest BCUT2D eigenvalue weighted by Gasteiger charge is 2.21. The average Bonchev–Trinajstić information content (AvgIpc) is 2.94. The summed E-state index contributed by atoms with van der Waals surface area (Å²) in [7, 11) is 0. The Labute approximate surface area is 115 Å². The Bertz CT molecular complexity index is 760. The lowest BCUT2D eigenvalue weighted by Gasteiger charge is -2.11. The molecule has 1 aromatic carbocycles. The smallest absolute Gasteiger partial charge is 0.134 e. The summed E-state index contributed by atoms with van der Waals surface area (Å²) in [5, 5.41) is 0.707. The Balaban J connectivity index is 2.09. The zero-order valence-corrected chi connectivity index (χ0v) is 11.2. The molecule has 20 heavy (non-hydrogen) atoms. The molecular weight excluding hydrogens is 259 g/mol. The number of nitrogens with one attached hydrogen (secondary N) is 1. The molecule has 2 heterocycles. The van der Waals surface area contributed by atoms with Crippen molar-refractivity contribution in [2.45, 2.75) is 19.9 Å². The maximum Gasteiger partial charge on any atom is 0.134 e. The molecule has 104 valence electrons. The Morgan fingerprint density at radius 2 is 1.95 bits per heavy atom. The summed E-state index contributed by atoms with van der Waals surface area (Å²) < 4.78 is 24.5. The van der Waals surface area contributed by atoms with Crippen LogP contribution in [0.2, 0.25) is 0 Å². The summed E-state index contributed by atoms with van der Waals surface area (Å²) in [6.07, 6.45) is 0. The van der Waals surface area contributed by atoms with Gasteiger partial charge in [0.1, 0.15) is 34.7 Å². The lowest BCUT2D eigenvalue weighted by molar-refractivity contribution is 0.461. The van der Waals surface area contributed by atoms with Gasteiger partial charge in [0.15, 0.2) is 0 Å². The molecule has 3 rings (SSSR count). The van der Waals surface area contributed by atoms with E-state index in [1.807, 2.05) is 19.9 Å². The molecule has 3 aromatic rings. The topological polar surface area (TPSA) is 64.3 Å². The van der Waals surface area contributed by atoms with Crippen molar-refractivity contribution in [2.75, 3.05) is 0 Å². The van der Waals surface area contributed by atoms with Gasteiger partial charge in [0.2, 0.25) is 0 Å². The van der Waals surface area contributed by atoms with E-state index in [4.69, 9.17) is 14.7 Å². The van der Waals surface area contributed by atoms with E-state index in [9.17, 15) is 4.39 Å². The maximum atomic E-state index is 13.2. The first-order valence-electron chi connectivity index (χ1n) is 6.30. The zero-order valence-electron chi connectivity index (χ0n) is 11.2. The third-order valence-electron chi connectivity index (χ3n) is 3.34. The van der Waals surface area contributed by atoms with E-state index in [-0.39, 0.29) is 11.9 Å². The van der Waals surface area contributed by atoms with Gasteiger partial charge in [0, 0.05) is 10.9 Å². The number of hydrogen-bond donors (Lipinski definition) is 2. The van der Waals surface area contributed by atoms with Crippen LogP contribution in [-0.2, 0) is 0 Å². The summed E-state index contributed by atoms with van der Waals surface area (Å²) in [6, 6.07) is 7.77. The molecule has 0 spiro atoms. The van der Waals surface area contributed by atoms with E-state index in [1.54, 1.807) is 12.1 Å². The molecule has 0 aliphatic carbocycles. The first kappa shape index (κ1) is 12.9. The van der Waals surface area contributed by atoms with Crippen LogP contribution < -0.4 is 11.3 Å². The van der Waals surface area contributed by atoms with Crippen LogP contribution in [0.25, 0.3) is 11.0 Å². The van der Waals surface area contributed by atoms with Gasteiger partial charge < -0.3 is 8.83 Å². The molecular formula is C15H15FN2O2. The van der Waals surface area contributed by atoms with E-state index in [1.165, 1.54) is 12.1 Å². The number of rotatable bonds is 3. The van der Waals surface area contributed by atoms with Crippen LogP contribution in [-0.4, -0.2) is 0 Å². The van der Waals surface area contributed by atoms with E-state index in [0.29, 0.717) is 16.7 Å². The first-order chi connectivity index (χ1) is 9.58. The van der Waals surface area contributed by atoms with E-state index in [2.05, 4.69) is 5.43 Å². The monoisotopic (exact) mass is 274 g/mol. The number of aryl methyl sites for hydroxylation is 2. The summed E-state index contributed by atoms with van der Waals surface area (Å²) in [5.41, 5.74) is 4.25. The molecule has 0 aliphatic rings. The summed E-state index contributed by atoms with van der Waals surface area (Å²) in [6.45, 7) is 3.74. The van der Waals surface area contributed by atoms with Crippen molar-refractivity contribution in [2.24, 2.45) is 5.84 Å².